The van der Waals surface area contributed by atoms with Gasteiger partial charge in [-0.1, -0.05) is 12.1 Å². The van der Waals surface area contributed by atoms with E-state index in [1.54, 1.807) is 36.7 Å². The number of rotatable bonds is 1. The summed E-state index contributed by atoms with van der Waals surface area (Å²) in [6.07, 6.45) is 3.20. The van der Waals surface area contributed by atoms with Crippen LogP contribution in [0.1, 0.15) is 11.1 Å². The van der Waals surface area contributed by atoms with Gasteiger partial charge in [-0.05, 0) is 12.1 Å². The summed E-state index contributed by atoms with van der Waals surface area (Å²) in [6, 6.07) is 6.71. The fourth-order valence-corrected chi connectivity index (χ4v) is 2.20. The van der Waals surface area contributed by atoms with Crippen molar-refractivity contribution >= 4 is 5.97 Å². The Hall–Kier alpha value is -2.27. The van der Waals surface area contributed by atoms with Crippen molar-refractivity contribution in [2.24, 2.45) is 5.73 Å². The number of carboxylic acids is 1. The van der Waals surface area contributed by atoms with E-state index in [1.165, 1.54) is 0 Å². The zero-order valence-electron chi connectivity index (χ0n) is 8.79. The van der Waals surface area contributed by atoms with Crippen molar-refractivity contribution in [3.05, 3.63) is 47.8 Å². The third-order valence-electron chi connectivity index (χ3n) is 3.03. The van der Waals surface area contributed by atoms with E-state index in [-0.39, 0.29) is 0 Å². The van der Waals surface area contributed by atoms with Crippen LogP contribution < -0.4 is 5.73 Å². The number of fused-ring (bicyclic) bond motifs is 3. The lowest BCUT2D eigenvalue weighted by atomic mass is 9.90. The Morgan fingerprint density at radius 2 is 1.59 bits per heavy atom. The molecule has 2 aromatic heterocycles. The Labute approximate surface area is 96.9 Å². The van der Waals surface area contributed by atoms with Crippen LogP contribution in [0.3, 0.4) is 0 Å². The van der Waals surface area contributed by atoms with Gasteiger partial charge in [0.1, 0.15) is 0 Å². The van der Waals surface area contributed by atoms with Gasteiger partial charge in [0, 0.05) is 23.5 Å². The maximum absolute atomic E-state index is 11.5. The number of nitrogens with two attached hydrogens (primary N) is 1. The van der Waals surface area contributed by atoms with Gasteiger partial charge in [-0.15, -0.1) is 0 Å². The highest BCUT2D eigenvalue weighted by molar-refractivity contribution is 5.94. The smallest absolute Gasteiger partial charge is 0.333 e. The summed E-state index contributed by atoms with van der Waals surface area (Å²) in [5.41, 5.74) is 6.57. The quantitative estimate of drug-likeness (QED) is 0.750. The molecule has 0 saturated carbocycles. The fourth-order valence-electron chi connectivity index (χ4n) is 2.20. The molecule has 0 atom stereocenters. The molecule has 3 rings (SSSR count). The Morgan fingerprint density at radius 1 is 1.12 bits per heavy atom. The van der Waals surface area contributed by atoms with E-state index in [0.717, 1.165) is 0 Å². The zero-order chi connectivity index (χ0) is 12.0. The molecule has 0 fully saturated rings. The largest absolute Gasteiger partial charge is 0.479 e. The number of aromatic nitrogens is 2. The van der Waals surface area contributed by atoms with Crippen LogP contribution in [0.25, 0.3) is 11.4 Å². The van der Waals surface area contributed by atoms with Gasteiger partial charge in [0.05, 0.1) is 11.4 Å². The molecule has 0 bridgehead atoms. The van der Waals surface area contributed by atoms with Gasteiger partial charge in [-0.25, -0.2) is 4.79 Å². The number of hydrogen-bond donors (Lipinski definition) is 2. The van der Waals surface area contributed by atoms with Crippen LogP contribution in [0.2, 0.25) is 0 Å². The van der Waals surface area contributed by atoms with Crippen LogP contribution in [-0.2, 0) is 10.3 Å². The number of nitrogens with zero attached hydrogens (tertiary/aromatic N) is 2. The van der Waals surface area contributed by atoms with E-state index < -0.39 is 11.5 Å². The Bertz CT molecular complexity index is 579. The molecule has 0 aliphatic heterocycles. The van der Waals surface area contributed by atoms with E-state index in [9.17, 15) is 9.90 Å². The molecule has 0 spiro atoms. The predicted octanol–water partition coefficient (Wildman–Crippen LogP) is 0.744. The van der Waals surface area contributed by atoms with Crippen LogP contribution in [0.4, 0.5) is 0 Å². The summed E-state index contributed by atoms with van der Waals surface area (Å²) in [6.45, 7) is 0. The molecule has 84 valence electrons. The van der Waals surface area contributed by atoms with Crippen molar-refractivity contribution in [1.29, 1.82) is 0 Å². The summed E-state index contributed by atoms with van der Waals surface area (Å²) in [5.74, 6) is -1.10. The van der Waals surface area contributed by atoms with Crippen LogP contribution in [0, 0.1) is 0 Å². The highest BCUT2D eigenvalue weighted by atomic mass is 16.4. The van der Waals surface area contributed by atoms with Gasteiger partial charge in [0.25, 0.3) is 0 Å². The van der Waals surface area contributed by atoms with Crippen molar-refractivity contribution in [3.63, 3.8) is 0 Å². The van der Waals surface area contributed by atoms with Crippen molar-refractivity contribution in [2.75, 3.05) is 0 Å². The van der Waals surface area contributed by atoms with E-state index in [2.05, 4.69) is 9.97 Å². The van der Waals surface area contributed by atoms with Crippen LogP contribution in [0.5, 0.6) is 0 Å². The first-order valence-electron chi connectivity index (χ1n) is 5.09. The second kappa shape index (κ2) is 3.11. The average Bonchev–Trinajstić information content (AvgIpc) is 2.63. The van der Waals surface area contributed by atoms with Crippen molar-refractivity contribution in [2.45, 2.75) is 5.54 Å². The van der Waals surface area contributed by atoms with Crippen LogP contribution in [0.15, 0.2) is 36.7 Å². The minimum atomic E-state index is -1.55. The molecule has 2 heterocycles. The second-order valence-electron chi connectivity index (χ2n) is 3.91. The molecule has 5 nitrogen and oxygen atoms in total. The molecule has 1 aliphatic rings. The van der Waals surface area contributed by atoms with Crippen LogP contribution in [-0.4, -0.2) is 21.0 Å². The maximum atomic E-state index is 11.5. The third kappa shape index (κ3) is 1.08. The SMILES string of the molecule is NC1(C(=O)O)c2cccnc2-c2ncccc21. The summed E-state index contributed by atoms with van der Waals surface area (Å²) < 4.78 is 0. The Kier molecular flexibility index (Phi) is 1.82. The molecule has 0 radical (unpaired) electrons. The first kappa shape index (κ1) is 9.92. The normalized spacial score (nSPS) is 15.1. The molecule has 0 amide bonds. The average molecular weight is 227 g/mol. The number of hydrogen-bond acceptors (Lipinski definition) is 4. The van der Waals surface area contributed by atoms with Gasteiger partial charge in [0.15, 0.2) is 5.54 Å². The summed E-state index contributed by atoms with van der Waals surface area (Å²) in [4.78, 5) is 19.8. The molecule has 3 N–H and O–H groups in total. The second-order valence-corrected chi connectivity index (χ2v) is 3.91. The molecule has 5 heteroatoms. The lowest BCUT2D eigenvalue weighted by Crippen LogP contribution is -2.44. The Balaban J connectivity index is 2.43. The monoisotopic (exact) mass is 227 g/mol. The third-order valence-corrected chi connectivity index (χ3v) is 3.03. The molecule has 0 aromatic carbocycles. The standard InChI is InChI=1S/C12H9N3O2/c13-12(11(16)17)7-3-1-5-14-9(7)10-8(12)4-2-6-15-10/h1-6H,13H2,(H,16,17). The maximum Gasteiger partial charge on any atom is 0.333 e. The molecule has 17 heavy (non-hydrogen) atoms. The molecule has 2 aromatic rings. The van der Waals surface area contributed by atoms with E-state index >= 15 is 0 Å². The summed E-state index contributed by atoms with van der Waals surface area (Å²) in [7, 11) is 0. The van der Waals surface area contributed by atoms with Crippen molar-refractivity contribution in [1.82, 2.24) is 9.97 Å². The first-order valence-corrected chi connectivity index (χ1v) is 5.09. The number of aliphatic carboxylic acids is 1. The van der Waals surface area contributed by atoms with E-state index in [4.69, 9.17) is 5.73 Å². The van der Waals surface area contributed by atoms with Gasteiger partial charge in [-0.3, -0.25) is 9.97 Å². The van der Waals surface area contributed by atoms with Gasteiger partial charge < -0.3 is 10.8 Å². The van der Waals surface area contributed by atoms with E-state index in [0.29, 0.717) is 22.5 Å². The highest BCUT2D eigenvalue weighted by Crippen LogP contribution is 2.43. The number of carbonyl (C=O) groups is 1. The molecular formula is C12H9N3O2. The summed E-state index contributed by atoms with van der Waals surface area (Å²) >= 11 is 0. The first-order chi connectivity index (χ1) is 8.15. The minimum absolute atomic E-state index is 0.487. The number of carboxylic acid groups (broad SMARTS) is 1. The van der Waals surface area contributed by atoms with Crippen molar-refractivity contribution in [3.8, 4) is 11.4 Å². The predicted molar refractivity (Wildman–Crippen MR) is 60.1 cm³/mol. The minimum Gasteiger partial charge on any atom is -0.479 e. The molecular weight excluding hydrogens is 218 g/mol. The van der Waals surface area contributed by atoms with Gasteiger partial charge in [-0.2, -0.15) is 0 Å². The molecule has 0 saturated heterocycles. The fraction of sp³-hybridized carbons (Fsp3) is 0.0833. The van der Waals surface area contributed by atoms with Crippen molar-refractivity contribution < 1.29 is 9.90 Å². The Morgan fingerprint density at radius 3 is 2.00 bits per heavy atom. The van der Waals surface area contributed by atoms with Crippen LogP contribution >= 0.6 is 0 Å². The highest BCUT2D eigenvalue weighted by Gasteiger charge is 2.47. The van der Waals surface area contributed by atoms with Gasteiger partial charge >= 0.3 is 5.97 Å². The lowest BCUT2D eigenvalue weighted by molar-refractivity contribution is -0.141. The zero-order valence-corrected chi connectivity index (χ0v) is 8.79. The van der Waals surface area contributed by atoms with Gasteiger partial charge in [0.2, 0.25) is 0 Å². The molecule has 0 unspecified atom stereocenters. The number of pyridine rings is 2. The topological polar surface area (TPSA) is 89.1 Å². The summed E-state index contributed by atoms with van der Waals surface area (Å²) in [5, 5.41) is 9.39. The molecule has 1 aliphatic carbocycles. The van der Waals surface area contributed by atoms with E-state index in [1.807, 2.05) is 0 Å². The lowest BCUT2D eigenvalue weighted by Gasteiger charge is -2.20.